The lowest BCUT2D eigenvalue weighted by molar-refractivity contribution is 0.345. The van der Waals surface area contributed by atoms with Crippen molar-refractivity contribution >= 4 is 21.6 Å². The smallest absolute Gasteiger partial charge is 0.150 e. The minimum absolute atomic E-state index is 0.201. The minimum atomic E-state index is -0.558. The number of halogens is 3. The molecule has 2 atom stereocenters. The Labute approximate surface area is 121 Å². The molecule has 1 aromatic rings. The van der Waals surface area contributed by atoms with E-state index in [4.69, 9.17) is 0 Å². The van der Waals surface area contributed by atoms with E-state index in [1.165, 1.54) is 6.07 Å². The molecule has 1 aliphatic rings. The topological polar surface area (TPSA) is 15.3 Å². The average Bonchev–Trinajstić information content (AvgIpc) is 2.27. The van der Waals surface area contributed by atoms with Gasteiger partial charge in [0.25, 0.3) is 0 Å². The Morgan fingerprint density at radius 2 is 2.05 bits per heavy atom. The summed E-state index contributed by atoms with van der Waals surface area (Å²) in [6.07, 6.45) is 0. The van der Waals surface area contributed by atoms with E-state index in [0.29, 0.717) is 22.6 Å². The van der Waals surface area contributed by atoms with Crippen LogP contribution < -0.4 is 10.2 Å². The van der Waals surface area contributed by atoms with Crippen LogP contribution in [0.15, 0.2) is 16.6 Å². The molecule has 2 unspecified atom stereocenters. The fourth-order valence-electron chi connectivity index (χ4n) is 2.59. The zero-order valence-corrected chi connectivity index (χ0v) is 13.0. The van der Waals surface area contributed by atoms with Crippen LogP contribution in [-0.2, 0) is 0 Å². The van der Waals surface area contributed by atoms with E-state index >= 15 is 0 Å². The van der Waals surface area contributed by atoms with Crippen molar-refractivity contribution in [1.29, 1.82) is 0 Å². The highest BCUT2D eigenvalue weighted by atomic mass is 79.9. The molecule has 0 saturated carbocycles. The number of rotatable bonds is 2. The van der Waals surface area contributed by atoms with Crippen molar-refractivity contribution < 1.29 is 8.78 Å². The molecule has 1 aromatic carbocycles. The molecular formula is C14H19BrF2N2. The molecule has 2 rings (SSSR count). The van der Waals surface area contributed by atoms with Gasteiger partial charge in [-0.25, -0.2) is 8.78 Å². The third kappa shape index (κ3) is 3.08. The fraction of sp³-hybridized carbons (Fsp3) is 0.571. The molecular weight excluding hydrogens is 314 g/mol. The van der Waals surface area contributed by atoms with Gasteiger partial charge in [-0.05, 0) is 34.8 Å². The average molecular weight is 333 g/mol. The zero-order chi connectivity index (χ0) is 14.2. The summed E-state index contributed by atoms with van der Waals surface area (Å²) in [7, 11) is 0. The maximum absolute atomic E-state index is 14.1. The minimum Gasteiger partial charge on any atom is -0.362 e. The van der Waals surface area contributed by atoms with Crippen molar-refractivity contribution in [2.24, 2.45) is 5.92 Å². The van der Waals surface area contributed by atoms with Gasteiger partial charge in [0.15, 0.2) is 5.82 Å². The van der Waals surface area contributed by atoms with E-state index < -0.39 is 11.6 Å². The van der Waals surface area contributed by atoms with Crippen LogP contribution in [0.3, 0.4) is 0 Å². The highest BCUT2D eigenvalue weighted by Gasteiger charge is 2.31. The summed E-state index contributed by atoms with van der Waals surface area (Å²) in [5.74, 6) is -0.680. The Kier molecular flexibility index (Phi) is 4.46. The molecule has 0 radical (unpaired) electrons. The van der Waals surface area contributed by atoms with E-state index in [1.807, 2.05) is 4.90 Å². The first kappa shape index (κ1) is 14.7. The van der Waals surface area contributed by atoms with Crippen molar-refractivity contribution in [3.63, 3.8) is 0 Å². The predicted molar refractivity (Wildman–Crippen MR) is 77.5 cm³/mol. The molecule has 1 saturated heterocycles. The number of benzene rings is 1. The van der Waals surface area contributed by atoms with Gasteiger partial charge in [0, 0.05) is 35.7 Å². The fourth-order valence-corrected chi connectivity index (χ4v) is 3.22. The summed E-state index contributed by atoms with van der Waals surface area (Å²) in [5.41, 5.74) is 0.466. The van der Waals surface area contributed by atoms with Crippen LogP contribution >= 0.6 is 15.9 Å². The van der Waals surface area contributed by atoms with Gasteiger partial charge in [-0.3, -0.25) is 0 Å². The van der Waals surface area contributed by atoms with Gasteiger partial charge in [0.1, 0.15) is 5.82 Å². The predicted octanol–water partition coefficient (Wildman–Crippen LogP) is 3.55. The molecule has 106 valence electrons. The summed E-state index contributed by atoms with van der Waals surface area (Å²) >= 11 is 3.29. The Morgan fingerprint density at radius 1 is 1.37 bits per heavy atom. The van der Waals surface area contributed by atoms with Gasteiger partial charge in [-0.1, -0.05) is 13.8 Å². The van der Waals surface area contributed by atoms with Gasteiger partial charge in [0.05, 0.1) is 5.69 Å². The Bertz CT molecular complexity index is 442. The standard InChI is InChI=1S/C14H19BrF2N2/c1-8(2)13-6-18-9(3)7-19(13)14-11(15)4-10(16)5-12(14)17/h4-5,8-9,13,18H,6-7H2,1-3H3. The number of nitrogens with one attached hydrogen (secondary N) is 1. The van der Waals surface area contributed by atoms with Crippen LogP contribution in [0, 0.1) is 17.6 Å². The zero-order valence-electron chi connectivity index (χ0n) is 11.4. The summed E-state index contributed by atoms with van der Waals surface area (Å²) in [4.78, 5) is 2.05. The highest BCUT2D eigenvalue weighted by Crippen LogP contribution is 2.34. The maximum Gasteiger partial charge on any atom is 0.150 e. The van der Waals surface area contributed by atoms with Crippen LogP contribution in [0.25, 0.3) is 0 Å². The van der Waals surface area contributed by atoms with E-state index in [9.17, 15) is 8.78 Å². The third-order valence-electron chi connectivity index (χ3n) is 3.58. The summed E-state index contributed by atoms with van der Waals surface area (Å²) < 4.78 is 27.8. The Hall–Kier alpha value is -0.680. The molecule has 1 fully saturated rings. The van der Waals surface area contributed by atoms with E-state index in [2.05, 4.69) is 42.0 Å². The number of piperazine rings is 1. The second-order valence-corrected chi connectivity index (χ2v) is 6.35. The van der Waals surface area contributed by atoms with Crippen molar-refractivity contribution in [2.75, 3.05) is 18.0 Å². The van der Waals surface area contributed by atoms with Crippen LogP contribution in [0.5, 0.6) is 0 Å². The second-order valence-electron chi connectivity index (χ2n) is 5.49. The van der Waals surface area contributed by atoms with Crippen molar-refractivity contribution in [2.45, 2.75) is 32.9 Å². The third-order valence-corrected chi connectivity index (χ3v) is 4.19. The molecule has 5 heteroatoms. The lowest BCUT2D eigenvalue weighted by atomic mass is 9.98. The summed E-state index contributed by atoms with van der Waals surface area (Å²) in [6.45, 7) is 7.82. The van der Waals surface area contributed by atoms with Crippen molar-refractivity contribution in [3.8, 4) is 0 Å². The molecule has 1 heterocycles. The number of hydrogen-bond donors (Lipinski definition) is 1. The molecule has 2 nitrogen and oxygen atoms in total. The largest absolute Gasteiger partial charge is 0.362 e. The molecule has 1 N–H and O–H groups in total. The summed E-state index contributed by atoms with van der Waals surface area (Å²) in [5, 5.41) is 3.41. The normalized spacial score (nSPS) is 24.1. The molecule has 0 amide bonds. The first-order chi connectivity index (χ1) is 8.90. The van der Waals surface area contributed by atoms with Gasteiger partial charge in [-0.2, -0.15) is 0 Å². The van der Waals surface area contributed by atoms with Crippen LogP contribution in [0.2, 0.25) is 0 Å². The molecule has 0 spiro atoms. The maximum atomic E-state index is 14.1. The Morgan fingerprint density at radius 3 is 2.63 bits per heavy atom. The lowest BCUT2D eigenvalue weighted by Gasteiger charge is -2.43. The van der Waals surface area contributed by atoms with Crippen LogP contribution in [0.4, 0.5) is 14.5 Å². The molecule has 0 bridgehead atoms. The van der Waals surface area contributed by atoms with E-state index in [0.717, 1.165) is 12.6 Å². The molecule has 19 heavy (non-hydrogen) atoms. The first-order valence-electron chi connectivity index (χ1n) is 6.54. The van der Waals surface area contributed by atoms with Crippen molar-refractivity contribution in [3.05, 3.63) is 28.2 Å². The first-order valence-corrected chi connectivity index (χ1v) is 7.34. The quantitative estimate of drug-likeness (QED) is 0.890. The number of nitrogens with zero attached hydrogens (tertiary/aromatic N) is 1. The van der Waals surface area contributed by atoms with Gasteiger partial charge in [-0.15, -0.1) is 0 Å². The molecule has 0 aromatic heterocycles. The van der Waals surface area contributed by atoms with Crippen molar-refractivity contribution in [1.82, 2.24) is 5.32 Å². The van der Waals surface area contributed by atoms with Gasteiger partial charge in [0.2, 0.25) is 0 Å². The molecule has 1 aliphatic heterocycles. The van der Waals surface area contributed by atoms with Gasteiger partial charge >= 0.3 is 0 Å². The van der Waals surface area contributed by atoms with Gasteiger partial charge < -0.3 is 10.2 Å². The second kappa shape index (κ2) is 5.75. The Balaban J connectivity index is 2.42. The number of anilines is 1. The van der Waals surface area contributed by atoms with E-state index in [1.54, 1.807) is 0 Å². The summed E-state index contributed by atoms with van der Waals surface area (Å²) in [6, 6.07) is 2.76. The number of hydrogen-bond acceptors (Lipinski definition) is 2. The SMILES string of the molecule is CC1CN(c2c(F)cc(F)cc2Br)C(C(C)C)CN1. The van der Waals surface area contributed by atoms with Crippen LogP contribution in [0.1, 0.15) is 20.8 Å². The monoisotopic (exact) mass is 332 g/mol. The van der Waals surface area contributed by atoms with Crippen LogP contribution in [-0.4, -0.2) is 25.2 Å². The highest BCUT2D eigenvalue weighted by molar-refractivity contribution is 9.10. The lowest BCUT2D eigenvalue weighted by Crippen LogP contribution is -2.57. The molecule has 0 aliphatic carbocycles. The van der Waals surface area contributed by atoms with E-state index in [-0.39, 0.29) is 12.1 Å².